The monoisotopic (exact) mass is 1520 g/mol. The first-order chi connectivity index (χ1) is 49.4. The van der Waals surface area contributed by atoms with Gasteiger partial charge in [-0.2, -0.15) is 13.2 Å². The van der Waals surface area contributed by atoms with Gasteiger partial charge in [-0.15, -0.1) is 23.1 Å². The number of aryl methyl sites for hydroxylation is 1. The average Bonchev–Trinajstić information content (AvgIpc) is 0.810. The van der Waals surface area contributed by atoms with E-state index in [1.807, 2.05) is 130 Å². The van der Waals surface area contributed by atoms with Crippen LogP contribution in [-0.4, -0.2) is 164 Å². The molecule has 0 radical (unpaired) electrons. The van der Waals surface area contributed by atoms with Gasteiger partial charge in [-0.3, -0.25) is 28.9 Å². The lowest BCUT2D eigenvalue weighted by Gasteiger charge is -2.36. The Bertz CT molecular complexity index is 4370. The number of unbranched alkanes of at least 4 members (excludes halogenated alkanes) is 2. The summed E-state index contributed by atoms with van der Waals surface area (Å²) in [4.78, 5) is 79.9. The number of sulfone groups is 1. The quantitative estimate of drug-likeness (QED) is 0.0197. The van der Waals surface area contributed by atoms with Crippen LogP contribution in [0.5, 0.6) is 0 Å². The third kappa shape index (κ3) is 20.0. The molecule has 0 bridgehead atoms. The lowest BCUT2D eigenvalue weighted by molar-refractivity contribution is -0.144. The van der Waals surface area contributed by atoms with E-state index in [9.17, 15) is 64.2 Å². The molecular formula is C76H89ClF3N9O11S4. The number of carbonyl (C=O) groups excluding carboxylic acids is 5. The summed E-state index contributed by atoms with van der Waals surface area (Å²) < 4.78 is 100. The second-order valence-electron chi connectivity index (χ2n) is 27.9. The van der Waals surface area contributed by atoms with Crippen LogP contribution in [0.4, 0.5) is 24.5 Å². The number of rotatable bonds is 28. The fourth-order valence-corrected chi connectivity index (χ4v) is 17.4. The molecule has 3 fully saturated rings. The van der Waals surface area contributed by atoms with Gasteiger partial charge in [0.25, 0.3) is 25.8 Å². The normalized spacial score (nSPS) is 17.6. The van der Waals surface area contributed by atoms with E-state index in [0.717, 1.165) is 61.1 Å². The number of carbonyl (C=O) groups is 5. The number of amides is 5. The molecular weight excluding hydrogens is 1440 g/mol. The molecule has 104 heavy (non-hydrogen) atoms. The van der Waals surface area contributed by atoms with Crippen LogP contribution >= 0.6 is 34.7 Å². The Kier molecular flexibility index (Phi) is 26.2. The zero-order valence-corrected chi connectivity index (χ0v) is 62.7. The van der Waals surface area contributed by atoms with Crippen LogP contribution in [-0.2, 0) is 39.0 Å². The predicted octanol–water partition coefficient (Wildman–Crippen LogP) is 12.2. The van der Waals surface area contributed by atoms with Crippen LogP contribution in [0, 0.1) is 18.3 Å². The van der Waals surface area contributed by atoms with E-state index in [1.165, 1.54) is 28.8 Å². The number of anilines is 2. The lowest BCUT2D eigenvalue weighted by Crippen LogP contribution is -2.57. The molecule has 0 spiro atoms. The summed E-state index contributed by atoms with van der Waals surface area (Å²) in [6.07, 6.45) is 1.76. The number of sulfonamides is 1. The van der Waals surface area contributed by atoms with Gasteiger partial charge < -0.3 is 40.9 Å². The number of halogens is 4. The molecule has 6 atom stereocenters. The first-order valence-corrected chi connectivity index (χ1v) is 40.1. The molecule has 0 aliphatic carbocycles. The number of aliphatic hydroxyl groups is 2. The average molecular weight is 1530 g/mol. The fourth-order valence-electron chi connectivity index (χ4n) is 13.4. The van der Waals surface area contributed by atoms with Crippen LogP contribution in [0.3, 0.4) is 0 Å². The van der Waals surface area contributed by atoms with E-state index >= 15 is 0 Å². The minimum Gasteiger partial charge on any atom is -0.391 e. The number of hydrogen-bond donors (Lipinski definition) is 6. The number of alkyl halides is 3. The van der Waals surface area contributed by atoms with Gasteiger partial charge in [-0.1, -0.05) is 118 Å². The highest BCUT2D eigenvalue weighted by Gasteiger charge is 2.49. The second-order valence-corrected chi connectivity index (χ2v) is 33.8. The van der Waals surface area contributed by atoms with Gasteiger partial charge in [0.2, 0.25) is 23.6 Å². The van der Waals surface area contributed by atoms with Gasteiger partial charge in [-0.25, -0.2) is 26.5 Å². The van der Waals surface area contributed by atoms with E-state index in [0.29, 0.717) is 95.4 Å². The van der Waals surface area contributed by atoms with Crippen molar-refractivity contribution in [3.63, 3.8) is 0 Å². The lowest BCUT2D eigenvalue weighted by atomic mass is 9.84. The Morgan fingerprint density at radius 2 is 1.42 bits per heavy atom. The van der Waals surface area contributed by atoms with Gasteiger partial charge in [0.1, 0.15) is 17.0 Å². The third-order valence-corrected chi connectivity index (χ3v) is 24.7. The highest BCUT2D eigenvalue weighted by molar-refractivity contribution is 7.99. The number of nitrogens with one attached hydrogen (secondary N) is 4. The van der Waals surface area contributed by atoms with E-state index in [2.05, 4.69) is 30.7 Å². The topological polar surface area (TPSA) is 268 Å². The van der Waals surface area contributed by atoms with E-state index in [4.69, 9.17) is 11.6 Å². The van der Waals surface area contributed by atoms with Crippen molar-refractivity contribution in [1.29, 1.82) is 0 Å². The summed E-state index contributed by atoms with van der Waals surface area (Å²) in [6, 6.07) is 37.5. The number of β-amino-alcohol motifs (C(OH)–C–C–N with tert-alkyl or cyclic N) is 1. The molecule has 1 aromatic heterocycles. The van der Waals surface area contributed by atoms with Crippen molar-refractivity contribution in [1.82, 2.24) is 35.0 Å². The molecule has 3 saturated heterocycles. The number of benzene rings is 6. The molecule has 10 rings (SSSR count). The third-order valence-electron chi connectivity index (χ3n) is 19.4. The number of aliphatic hydroxyl groups excluding tert-OH is 2. The van der Waals surface area contributed by atoms with Crippen molar-refractivity contribution in [2.75, 3.05) is 68.3 Å². The molecule has 556 valence electrons. The number of aromatic nitrogens is 1. The number of piperazine rings is 1. The molecule has 4 heterocycles. The van der Waals surface area contributed by atoms with Crippen molar-refractivity contribution < 1.29 is 64.2 Å². The molecule has 5 amide bonds. The maximum absolute atomic E-state index is 14.6. The van der Waals surface area contributed by atoms with Crippen molar-refractivity contribution in [3.8, 4) is 21.6 Å². The highest BCUT2D eigenvalue weighted by Crippen LogP contribution is 2.40. The number of thiazole rings is 1. The van der Waals surface area contributed by atoms with E-state index in [-0.39, 0.29) is 54.9 Å². The summed E-state index contributed by atoms with van der Waals surface area (Å²) >= 11 is 9.06. The maximum atomic E-state index is 14.6. The van der Waals surface area contributed by atoms with Gasteiger partial charge >= 0.3 is 5.51 Å². The first-order valence-electron chi connectivity index (χ1n) is 34.9. The summed E-state index contributed by atoms with van der Waals surface area (Å²) in [5.74, 6) is -2.22. The standard InChI is InChI=1S/C76H89ClF3N9O11S4/c1-49(51-20-22-54(23-21-51)70-50(2)81-48-102-70)82-73(95)65-44-59(90)46-89(65)74(96)71(75(3,4)5)84-67(91)18-10-7-11-19-68(92)88-42-40-86(41-43-88)37-36-57(47-101-60-14-8-6-9-15-60)83-64-33-32-61(45-66(64)103(97,98)76(78,79)80)104(99,100)85-72(94)55-26-30-58(31-27-55)87-38-34-53(35-39-87)69(93)63-17-13-12-16-62(63)52-24-28-56(77)29-25-52/h6,8-9,12-17,20-33,45,48-49,53,57,59,65,69,71,83,90,93H,7,10-11,18-19,34-44,46-47H2,1-5H3,(H,82,95)(H,84,91)(H,85,94)/t49-,57?,59+,65-,69+,71?/m0/s1. The zero-order valence-electron chi connectivity index (χ0n) is 58.7. The van der Waals surface area contributed by atoms with Crippen LogP contribution in [0.2, 0.25) is 5.02 Å². The Labute approximate surface area is 619 Å². The van der Waals surface area contributed by atoms with Crippen LogP contribution in [0.1, 0.15) is 125 Å². The summed E-state index contributed by atoms with van der Waals surface area (Å²) in [5.41, 5.74) is 0.804. The van der Waals surface area contributed by atoms with Crippen LogP contribution in [0.25, 0.3) is 21.6 Å². The van der Waals surface area contributed by atoms with Crippen molar-refractivity contribution in [3.05, 3.63) is 179 Å². The van der Waals surface area contributed by atoms with Gasteiger partial charge in [0.05, 0.1) is 44.9 Å². The zero-order chi connectivity index (χ0) is 74.7. The molecule has 6 aromatic carbocycles. The van der Waals surface area contributed by atoms with Crippen molar-refractivity contribution in [2.24, 2.45) is 11.3 Å². The number of piperidine rings is 1. The highest BCUT2D eigenvalue weighted by atomic mass is 35.5. The Balaban J connectivity index is 0.691. The molecule has 3 aliphatic heterocycles. The Hall–Kier alpha value is -7.89. The number of thioether (sulfide) groups is 1. The summed E-state index contributed by atoms with van der Waals surface area (Å²) in [5, 5.41) is 31.9. The van der Waals surface area contributed by atoms with Gasteiger partial charge in [-0.05, 0) is 152 Å². The van der Waals surface area contributed by atoms with Crippen LogP contribution < -0.4 is 25.6 Å². The molecule has 0 saturated carbocycles. The Morgan fingerprint density at radius 1 is 0.769 bits per heavy atom. The molecule has 7 aromatic rings. The summed E-state index contributed by atoms with van der Waals surface area (Å²) in [6.45, 7) is 12.4. The van der Waals surface area contributed by atoms with Crippen molar-refractivity contribution in [2.45, 2.75) is 149 Å². The SMILES string of the molecule is Cc1ncsc1-c1ccc([C@H](C)NC(=O)[C@@H]2C[C@@H](O)CN2C(=O)C(NC(=O)CCCCCC(=O)N2CCN(CCC(CSc3ccccc3)Nc3ccc(S(=O)(=O)NC(=O)c4ccc(N5CCC([C@@H](O)c6ccccc6-c6ccc(Cl)cc6)CC5)cc4)cc3S(=O)(=O)C(F)(F)F)CC2)C(C)(C)C)cc1. The molecule has 3 aliphatic rings. The number of likely N-dealkylation sites (tertiary alicyclic amines) is 1. The van der Waals surface area contributed by atoms with Gasteiger partial charge in [0, 0.05) is 105 Å². The molecule has 20 nitrogen and oxygen atoms in total. The maximum Gasteiger partial charge on any atom is 0.501 e. The molecule has 2 unspecified atom stereocenters. The van der Waals surface area contributed by atoms with E-state index in [1.54, 1.807) is 46.0 Å². The summed E-state index contributed by atoms with van der Waals surface area (Å²) in [7, 11) is -11.2. The van der Waals surface area contributed by atoms with E-state index < -0.39 is 100 Å². The first kappa shape index (κ1) is 78.7. The predicted molar refractivity (Wildman–Crippen MR) is 399 cm³/mol. The number of hydrogen-bond acceptors (Lipinski definition) is 17. The second kappa shape index (κ2) is 34.6. The minimum atomic E-state index is -6.20. The molecule has 28 heteroatoms. The fraction of sp³-hybridized carbons (Fsp3) is 0.421. The molecule has 6 N–H and O–H groups in total. The smallest absolute Gasteiger partial charge is 0.391 e. The van der Waals surface area contributed by atoms with Gasteiger partial charge in [0.15, 0.2) is 0 Å². The largest absolute Gasteiger partial charge is 0.501 e. The van der Waals surface area contributed by atoms with Crippen molar-refractivity contribution >= 4 is 95.5 Å². The number of nitrogens with zero attached hydrogens (tertiary/aromatic N) is 5. The van der Waals surface area contributed by atoms with Crippen LogP contribution in [0.15, 0.2) is 166 Å². The minimum absolute atomic E-state index is 0.0441. The Morgan fingerprint density at radius 3 is 2.08 bits per heavy atom.